The van der Waals surface area contributed by atoms with Crippen molar-refractivity contribution < 1.29 is 4.79 Å². The number of hydrogen-bond donors (Lipinski definition) is 1. The molecule has 23 heavy (non-hydrogen) atoms. The van der Waals surface area contributed by atoms with Crippen molar-refractivity contribution in [3.63, 3.8) is 0 Å². The summed E-state index contributed by atoms with van der Waals surface area (Å²) in [7, 11) is 0. The maximum Gasteiger partial charge on any atom is 0.266 e. The molecule has 0 aromatic heterocycles. The summed E-state index contributed by atoms with van der Waals surface area (Å²) in [6, 6.07) is 17.3. The van der Waals surface area contributed by atoms with Gasteiger partial charge in [-0.3, -0.25) is 4.79 Å². The third-order valence-electron chi connectivity index (χ3n) is 3.40. The normalized spacial score (nSPS) is 11.2. The van der Waals surface area contributed by atoms with Crippen LogP contribution in [0.25, 0.3) is 6.08 Å². The van der Waals surface area contributed by atoms with Gasteiger partial charge in [0.2, 0.25) is 0 Å². The van der Waals surface area contributed by atoms with Gasteiger partial charge in [-0.15, -0.1) is 0 Å². The van der Waals surface area contributed by atoms with E-state index >= 15 is 0 Å². The number of amides is 1. The first kappa shape index (κ1) is 17.2. The maximum atomic E-state index is 12.3. The highest BCUT2D eigenvalue weighted by atomic mass is 127. The van der Waals surface area contributed by atoms with Crippen LogP contribution < -0.4 is 5.32 Å². The lowest BCUT2D eigenvalue weighted by molar-refractivity contribution is -0.112. The minimum absolute atomic E-state index is 0.0851. The fraction of sp³-hybridized carbons (Fsp3) is 0.158. The maximum absolute atomic E-state index is 12.3. The first-order chi connectivity index (χ1) is 11.0. The molecule has 2 rings (SSSR count). The Morgan fingerprint density at radius 3 is 2.39 bits per heavy atom. The molecular formula is C19H17IN2O. The standard InChI is InChI=1S/C19H17IN2O/c1-13(2)15-9-7-14(8-10-15)11-16(12-21)19(23)22-18-6-4-3-5-17(18)20/h3-11,13H,1-2H3,(H,22,23)/b16-11-. The van der Waals surface area contributed by atoms with E-state index in [4.69, 9.17) is 0 Å². The van der Waals surface area contributed by atoms with Crippen LogP contribution in [0.2, 0.25) is 0 Å². The first-order valence-corrected chi connectivity index (χ1v) is 8.36. The number of halogens is 1. The third kappa shape index (κ3) is 4.67. The number of rotatable bonds is 4. The van der Waals surface area contributed by atoms with E-state index in [1.54, 1.807) is 6.08 Å². The fourth-order valence-electron chi connectivity index (χ4n) is 2.04. The average molecular weight is 416 g/mol. The number of carbonyl (C=O) groups excluding carboxylic acids is 1. The Kier molecular flexibility index (Phi) is 5.94. The lowest BCUT2D eigenvalue weighted by Crippen LogP contribution is -2.14. The van der Waals surface area contributed by atoms with Gasteiger partial charge in [0.25, 0.3) is 5.91 Å². The van der Waals surface area contributed by atoms with Crippen molar-refractivity contribution in [1.82, 2.24) is 0 Å². The molecule has 0 fully saturated rings. The van der Waals surface area contributed by atoms with Gasteiger partial charge in [0.05, 0.1) is 5.69 Å². The number of nitrogens with zero attached hydrogens (tertiary/aromatic N) is 1. The van der Waals surface area contributed by atoms with E-state index in [1.807, 2.05) is 54.6 Å². The summed E-state index contributed by atoms with van der Waals surface area (Å²) in [6.45, 7) is 4.25. The molecule has 116 valence electrons. The first-order valence-electron chi connectivity index (χ1n) is 7.29. The second-order valence-corrected chi connectivity index (χ2v) is 6.59. The fourth-order valence-corrected chi connectivity index (χ4v) is 2.57. The second kappa shape index (κ2) is 7.93. The predicted molar refractivity (Wildman–Crippen MR) is 102 cm³/mol. The van der Waals surface area contributed by atoms with Crippen molar-refractivity contribution in [3.8, 4) is 6.07 Å². The quantitative estimate of drug-likeness (QED) is 0.435. The Balaban J connectivity index is 2.20. The molecule has 1 N–H and O–H groups in total. The van der Waals surface area contributed by atoms with Gasteiger partial charge in [0.1, 0.15) is 11.6 Å². The lowest BCUT2D eigenvalue weighted by atomic mass is 10.0. The SMILES string of the molecule is CC(C)c1ccc(/C=C(/C#N)C(=O)Nc2ccccc2I)cc1. The molecule has 0 unspecified atom stereocenters. The molecule has 2 aromatic carbocycles. The lowest BCUT2D eigenvalue weighted by Gasteiger charge is -2.07. The van der Waals surface area contributed by atoms with Gasteiger partial charge in [0.15, 0.2) is 0 Å². The Bertz CT molecular complexity index is 771. The van der Waals surface area contributed by atoms with Gasteiger partial charge < -0.3 is 5.32 Å². The van der Waals surface area contributed by atoms with Crippen LogP contribution in [0.3, 0.4) is 0 Å². The van der Waals surface area contributed by atoms with Crippen LogP contribution in [0.5, 0.6) is 0 Å². The monoisotopic (exact) mass is 416 g/mol. The van der Waals surface area contributed by atoms with E-state index in [0.29, 0.717) is 11.6 Å². The zero-order chi connectivity index (χ0) is 16.8. The van der Waals surface area contributed by atoms with Gasteiger partial charge in [-0.1, -0.05) is 50.2 Å². The zero-order valence-electron chi connectivity index (χ0n) is 13.0. The molecule has 0 atom stereocenters. The number of benzene rings is 2. The van der Waals surface area contributed by atoms with E-state index < -0.39 is 5.91 Å². The Hall–Kier alpha value is -2.13. The number of anilines is 1. The smallest absolute Gasteiger partial charge is 0.266 e. The van der Waals surface area contributed by atoms with Gasteiger partial charge in [0, 0.05) is 3.57 Å². The number of nitrogens with one attached hydrogen (secondary N) is 1. The summed E-state index contributed by atoms with van der Waals surface area (Å²) in [5.41, 5.74) is 2.85. The minimum atomic E-state index is -0.399. The topological polar surface area (TPSA) is 52.9 Å². The molecule has 1 amide bonds. The highest BCUT2D eigenvalue weighted by Crippen LogP contribution is 2.19. The van der Waals surface area contributed by atoms with E-state index in [1.165, 1.54) is 5.56 Å². The number of nitriles is 1. The van der Waals surface area contributed by atoms with Crippen molar-refractivity contribution in [2.75, 3.05) is 5.32 Å². The number of carbonyl (C=O) groups is 1. The Morgan fingerprint density at radius 2 is 1.83 bits per heavy atom. The summed E-state index contributed by atoms with van der Waals surface area (Å²) in [5.74, 6) is 0.0523. The highest BCUT2D eigenvalue weighted by Gasteiger charge is 2.11. The van der Waals surface area contributed by atoms with E-state index in [9.17, 15) is 10.1 Å². The van der Waals surface area contributed by atoms with Crippen LogP contribution in [-0.4, -0.2) is 5.91 Å². The minimum Gasteiger partial charge on any atom is -0.320 e. The van der Waals surface area contributed by atoms with E-state index in [2.05, 4.69) is 41.8 Å². The van der Waals surface area contributed by atoms with Gasteiger partial charge in [-0.05, 0) is 57.8 Å². The van der Waals surface area contributed by atoms with Crippen molar-refractivity contribution in [2.24, 2.45) is 0 Å². The molecule has 2 aromatic rings. The molecule has 0 saturated heterocycles. The van der Waals surface area contributed by atoms with Crippen LogP contribution in [0.1, 0.15) is 30.9 Å². The average Bonchev–Trinajstić information content (AvgIpc) is 2.55. The third-order valence-corrected chi connectivity index (χ3v) is 4.34. The summed E-state index contributed by atoms with van der Waals surface area (Å²) in [4.78, 5) is 12.3. The number of hydrogen-bond acceptors (Lipinski definition) is 2. The molecule has 0 aliphatic carbocycles. The molecule has 0 bridgehead atoms. The summed E-state index contributed by atoms with van der Waals surface area (Å²) >= 11 is 2.15. The molecule has 3 nitrogen and oxygen atoms in total. The Labute approximate surface area is 150 Å². The molecule has 0 aliphatic heterocycles. The molecule has 4 heteroatoms. The van der Waals surface area contributed by atoms with Gasteiger partial charge >= 0.3 is 0 Å². The molecule has 0 saturated carbocycles. The van der Waals surface area contributed by atoms with Crippen LogP contribution in [0.15, 0.2) is 54.1 Å². The van der Waals surface area contributed by atoms with Crippen LogP contribution in [-0.2, 0) is 4.79 Å². The summed E-state index contributed by atoms with van der Waals surface area (Å²) in [5, 5.41) is 12.0. The molecule has 0 heterocycles. The predicted octanol–water partition coefficient (Wildman–Crippen LogP) is 4.96. The van der Waals surface area contributed by atoms with Crippen molar-refractivity contribution >= 4 is 40.3 Å². The summed E-state index contributed by atoms with van der Waals surface area (Å²) in [6.07, 6.45) is 1.61. The van der Waals surface area contributed by atoms with E-state index in [0.717, 1.165) is 9.13 Å². The molecule has 0 spiro atoms. The summed E-state index contributed by atoms with van der Waals surface area (Å²) < 4.78 is 0.928. The Morgan fingerprint density at radius 1 is 1.17 bits per heavy atom. The zero-order valence-corrected chi connectivity index (χ0v) is 15.2. The van der Waals surface area contributed by atoms with Crippen LogP contribution in [0, 0.1) is 14.9 Å². The van der Waals surface area contributed by atoms with Crippen LogP contribution >= 0.6 is 22.6 Å². The van der Waals surface area contributed by atoms with Crippen molar-refractivity contribution in [1.29, 1.82) is 5.26 Å². The van der Waals surface area contributed by atoms with Gasteiger partial charge in [-0.2, -0.15) is 5.26 Å². The van der Waals surface area contributed by atoms with E-state index in [-0.39, 0.29) is 5.57 Å². The molecule has 0 radical (unpaired) electrons. The van der Waals surface area contributed by atoms with Crippen molar-refractivity contribution in [3.05, 3.63) is 68.8 Å². The van der Waals surface area contributed by atoms with Crippen LogP contribution in [0.4, 0.5) is 5.69 Å². The van der Waals surface area contributed by atoms with Gasteiger partial charge in [-0.25, -0.2) is 0 Å². The number of para-hydroxylation sites is 1. The highest BCUT2D eigenvalue weighted by molar-refractivity contribution is 14.1. The largest absolute Gasteiger partial charge is 0.320 e. The van der Waals surface area contributed by atoms with Crippen molar-refractivity contribution in [2.45, 2.75) is 19.8 Å². The molecular weight excluding hydrogens is 399 g/mol. The second-order valence-electron chi connectivity index (χ2n) is 5.43. The molecule has 0 aliphatic rings.